The molecule has 1 aromatic carbocycles. The summed E-state index contributed by atoms with van der Waals surface area (Å²) >= 11 is 0. The number of amides is 1. The van der Waals surface area contributed by atoms with Crippen LogP contribution < -0.4 is 5.32 Å². The lowest BCUT2D eigenvalue weighted by atomic mass is 10.0. The van der Waals surface area contributed by atoms with Crippen LogP contribution >= 0.6 is 0 Å². The second-order valence-corrected chi connectivity index (χ2v) is 7.86. The zero-order chi connectivity index (χ0) is 14.9. The Bertz CT molecular complexity index is 750. The molecule has 0 aliphatic carbocycles. The number of fused-ring (bicyclic) bond motifs is 1. The maximum Gasteiger partial charge on any atom is 0.253 e. The van der Waals surface area contributed by atoms with Crippen molar-refractivity contribution >= 4 is 26.6 Å². The number of hydrogen-bond acceptors (Lipinski definition) is 3. The lowest BCUT2D eigenvalue weighted by Gasteiger charge is -2.22. The molecule has 1 aliphatic heterocycles. The van der Waals surface area contributed by atoms with E-state index in [1.807, 2.05) is 24.4 Å². The summed E-state index contributed by atoms with van der Waals surface area (Å²) in [7, 11) is -2.85. The van der Waals surface area contributed by atoms with Crippen LogP contribution in [-0.2, 0) is 9.84 Å². The highest BCUT2D eigenvalue weighted by Gasteiger charge is 2.24. The molecular formula is C15H18N2O3S. The van der Waals surface area contributed by atoms with Gasteiger partial charge in [-0.15, -0.1) is 0 Å². The summed E-state index contributed by atoms with van der Waals surface area (Å²) in [4.78, 5) is 15.4. The summed E-state index contributed by atoms with van der Waals surface area (Å²) in [5.74, 6) is 0.608. The molecule has 2 aromatic rings. The molecule has 2 heterocycles. The van der Waals surface area contributed by atoms with Gasteiger partial charge in [0.1, 0.15) is 9.84 Å². The summed E-state index contributed by atoms with van der Waals surface area (Å²) in [6, 6.07) is 7.53. The Balaban J connectivity index is 1.63. The van der Waals surface area contributed by atoms with E-state index in [-0.39, 0.29) is 23.3 Å². The van der Waals surface area contributed by atoms with Gasteiger partial charge in [-0.2, -0.15) is 0 Å². The number of para-hydroxylation sites is 1. The first-order chi connectivity index (χ1) is 10.1. The molecule has 0 unspecified atom stereocenters. The average molecular weight is 306 g/mol. The number of H-pyrrole nitrogens is 1. The maximum absolute atomic E-state index is 12.3. The van der Waals surface area contributed by atoms with E-state index >= 15 is 0 Å². The number of benzene rings is 1. The van der Waals surface area contributed by atoms with Crippen LogP contribution in [0.5, 0.6) is 0 Å². The number of nitrogens with one attached hydrogen (secondary N) is 2. The predicted octanol–water partition coefficient (Wildman–Crippen LogP) is 1.72. The Hall–Kier alpha value is -1.82. The minimum Gasteiger partial charge on any atom is -0.361 e. The van der Waals surface area contributed by atoms with Crippen molar-refractivity contribution in [1.82, 2.24) is 10.3 Å². The molecule has 0 spiro atoms. The Morgan fingerprint density at radius 1 is 1.24 bits per heavy atom. The molecule has 112 valence electrons. The number of aromatic nitrogens is 1. The van der Waals surface area contributed by atoms with Gasteiger partial charge in [-0.25, -0.2) is 8.42 Å². The average Bonchev–Trinajstić information content (AvgIpc) is 2.94. The number of carbonyl (C=O) groups is 1. The van der Waals surface area contributed by atoms with Gasteiger partial charge >= 0.3 is 0 Å². The largest absolute Gasteiger partial charge is 0.361 e. The number of sulfone groups is 1. The van der Waals surface area contributed by atoms with Crippen LogP contribution in [0.4, 0.5) is 0 Å². The summed E-state index contributed by atoms with van der Waals surface area (Å²) in [5, 5.41) is 3.93. The third-order valence-electron chi connectivity index (χ3n) is 4.06. The zero-order valence-electron chi connectivity index (χ0n) is 11.6. The van der Waals surface area contributed by atoms with Crippen molar-refractivity contribution < 1.29 is 13.2 Å². The maximum atomic E-state index is 12.3. The third kappa shape index (κ3) is 3.10. The molecule has 2 N–H and O–H groups in total. The van der Waals surface area contributed by atoms with Crippen molar-refractivity contribution in [3.8, 4) is 0 Å². The van der Waals surface area contributed by atoms with Crippen molar-refractivity contribution in [2.24, 2.45) is 5.92 Å². The van der Waals surface area contributed by atoms with Crippen LogP contribution in [-0.4, -0.2) is 37.4 Å². The lowest BCUT2D eigenvalue weighted by molar-refractivity contribution is 0.0948. The van der Waals surface area contributed by atoms with E-state index in [1.54, 1.807) is 6.07 Å². The van der Waals surface area contributed by atoms with Gasteiger partial charge in [0, 0.05) is 18.1 Å². The van der Waals surface area contributed by atoms with Crippen LogP contribution in [0, 0.1) is 5.92 Å². The highest BCUT2D eigenvalue weighted by Crippen LogP contribution is 2.19. The van der Waals surface area contributed by atoms with Crippen molar-refractivity contribution in [2.45, 2.75) is 12.8 Å². The predicted molar refractivity (Wildman–Crippen MR) is 82.0 cm³/mol. The fourth-order valence-corrected chi connectivity index (χ4v) is 4.34. The summed E-state index contributed by atoms with van der Waals surface area (Å²) in [5.41, 5.74) is 1.46. The highest BCUT2D eigenvalue weighted by atomic mass is 32.2. The normalized spacial score (nSPS) is 18.7. The first-order valence-corrected chi connectivity index (χ1v) is 8.92. The summed E-state index contributed by atoms with van der Waals surface area (Å²) < 4.78 is 22.8. The van der Waals surface area contributed by atoms with E-state index < -0.39 is 9.84 Å². The van der Waals surface area contributed by atoms with Gasteiger partial charge in [0.25, 0.3) is 5.91 Å². The van der Waals surface area contributed by atoms with E-state index in [1.165, 1.54) is 0 Å². The first kappa shape index (κ1) is 14.1. The van der Waals surface area contributed by atoms with Crippen LogP contribution in [0.3, 0.4) is 0 Å². The smallest absolute Gasteiger partial charge is 0.253 e. The standard InChI is InChI=1S/C15H18N2O3S/c18-15(13-3-1-2-12-4-7-16-14(12)13)17-10-11-5-8-21(19,20)9-6-11/h1-4,7,11,16H,5-6,8-10H2,(H,17,18). The number of aromatic amines is 1. The van der Waals surface area contributed by atoms with Crippen molar-refractivity contribution in [1.29, 1.82) is 0 Å². The minimum atomic E-state index is -2.85. The second kappa shape index (κ2) is 5.52. The quantitative estimate of drug-likeness (QED) is 0.906. The molecular weight excluding hydrogens is 288 g/mol. The Morgan fingerprint density at radius 2 is 2.00 bits per heavy atom. The molecule has 3 rings (SSSR count). The Kier molecular flexibility index (Phi) is 3.71. The summed E-state index contributed by atoms with van der Waals surface area (Å²) in [6.45, 7) is 0.533. The van der Waals surface area contributed by atoms with Crippen LogP contribution in [0.15, 0.2) is 30.5 Å². The monoisotopic (exact) mass is 306 g/mol. The van der Waals surface area contributed by atoms with Gasteiger partial charge in [0.2, 0.25) is 0 Å². The van der Waals surface area contributed by atoms with E-state index in [0.29, 0.717) is 24.9 Å². The molecule has 1 aromatic heterocycles. The molecule has 0 atom stereocenters. The molecule has 6 heteroatoms. The number of carbonyl (C=O) groups excluding carboxylic acids is 1. The Labute approximate surface area is 123 Å². The molecule has 21 heavy (non-hydrogen) atoms. The molecule has 1 saturated heterocycles. The van der Waals surface area contributed by atoms with Crippen molar-refractivity contribution in [3.63, 3.8) is 0 Å². The van der Waals surface area contributed by atoms with Gasteiger partial charge in [-0.1, -0.05) is 12.1 Å². The Morgan fingerprint density at radius 3 is 2.76 bits per heavy atom. The van der Waals surface area contributed by atoms with Gasteiger partial charge in [0.05, 0.1) is 22.6 Å². The van der Waals surface area contributed by atoms with Gasteiger partial charge < -0.3 is 10.3 Å². The van der Waals surface area contributed by atoms with Crippen LogP contribution in [0.1, 0.15) is 23.2 Å². The lowest BCUT2D eigenvalue weighted by Crippen LogP contribution is -2.34. The van der Waals surface area contributed by atoms with Crippen molar-refractivity contribution in [3.05, 3.63) is 36.0 Å². The first-order valence-electron chi connectivity index (χ1n) is 7.10. The zero-order valence-corrected chi connectivity index (χ0v) is 12.4. The van der Waals surface area contributed by atoms with Gasteiger partial charge in [-0.3, -0.25) is 4.79 Å². The molecule has 1 fully saturated rings. The van der Waals surface area contributed by atoms with Crippen LogP contribution in [0.25, 0.3) is 10.9 Å². The SMILES string of the molecule is O=C(NCC1CCS(=O)(=O)CC1)c1cccc2cc[nH]c12. The van der Waals surface area contributed by atoms with E-state index in [4.69, 9.17) is 0 Å². The number of rotatable bonds is 3. The topological polar surface area (TPSA) is 79.0 Å². The van der Waals surface area contributed by atoms with Gasteiger partial charge in [-0.05, 0) is 30.9 Å². The van der Waals surface area contributed by atoms with E-state index in [2.05, 4.69) is 10.3 Å². The second-order valence-electron chi connectivity index (χ2n) is 5.55. The number of hydrogen-bond donors (Lipinski definition) is 2. The molecule has 0 radical (unpaired) electrons. The highest BCUT2D eigenvalue weighted by molar-refractivity contribution is 7.91. The fraction of sp³-hybridized carbons (Fsp3) is 0.400. The third-order valence-corrected chi connectivity index (χ3v) is 5.77. The van der Waals surface area contributed by atoms with Crippen LogP contribution in [0.2, 0.25) is 0 Å². The van der Waals surface area contributed by atoms with Crippen molar-refractivity contribution in [2.75, 3.05) is 18.1 Å². The molecule has 0 bridgehead atoms. The molecule has 1 amide bonds. The molecule has 5 nitrogen and oxygen atoms in total. The van der Waals surface area contributed by atoms with E-state index in [9.17, 15) is 13.2 Å². The van der Waals surface area contributed by atoms with E-state index in [0.717, 1.165) is 10.9 Å². The molecule has 0 saturated carbocycles. The molecule has 1 aliphatic rings. The fourth-order valence-electron chi connectivity index (χ4n) is 2.75. The summed E-state index contributed by atoms with van der Waals surface area (Å²) in [6.07, 6.45) is 3.08. The minimum absolute atomic E-state index is 0.114. The van der Waals surface area contributed by atoms with Gasteiger partial charge in [0.15, 0.2) is 0 Å².